The maximum Gasteiger partial charge on any atom is 0.127 e. The Morgan fingerprint density at radius 2 is 2.22 bits per heavy atom. The van der Waals surface area contributed by atoms with Crippen molar-refractivity contribution in [3.63, 3.8) is 0 Å². The zero-order chi connectivity index (χ0) is 12.9. The lowest BCUT2D eigenvalue weighted by molar-refractivity contribution is 0.0459. The number of benzene rings is 1. The van der Waals surface area contributed by atoms with Gasteiger partial charge in [-0.3, -0.25) is 4.90 Å². The average molecular weight is 250 g/mol. The largest absolute Gasteiger partial charge is 0.485 e. The molecule has 3 rings (SSSR count). The summed E-state index contributed by atoms with van der Waals surface area (Å²) in [5, 5.41) is 0. The molecule has 1 fully saturated rings. The Morgan fingerprint density at radius 1 is 1.44 bits per heavy atom. The van der Waals surface area contributed by atoms with Gasteiger partial charge in [-0.2, -0.15) is 0 Å². The van der Waals surface area contributed by atoms with Crippen molar-refractivity contribution in [1.29, 1.82) is 0 Å². The van der Waals surface area contributed by atoms with E-state index in [1.165, 1.54) is 12.1 Å². The van der Waals surface area contributed by atoms with E-state index in [1.54, 1.807) is 6.07 Å². The minimum absolute atomic E-state index is 0.0620. The van der Waals surface area contributed by atoms with Crippen LogP contribution in [-0.2, 0) is 0 Å². The number of nitrogens with two attached hydrogens (primary N) is 1. The van der Waals surface area contributed by atoms with Gasteiger partial charge in [0.25, 0.3) is 0 Å². The fourth-order valence-corrected chi connectivity index (χ4v) is 3.28. The molecule has 0 radical (unpaired) electrons. The highest BCUT2D eigenvalue weighted by atomic mass is 19.1. The number of nitrogens with zero attached hydrogens (tertiary/aromatic N) is 1. The smallest absolute Gasteiger partial charge is 0.127 e. The number of likely N-dealkylation sites (N-methyl/N-ethyl adjacent to an activating group) is 1. The van der Waals surface area contributed by atoms with Gasteiger partial charge in [0, 0.05) is 43.1 Å². The Morgan fingerprint density at radius 3 is 2.89 bits per heavy atom. The maximum absolute atomic E-state index is 13.3. The number of hydrogen-bond donors (Lipinski definition) is 1. The maximum atomic E-state index is 13.3. The highest BCUT2D eigenvalue weighted by Gasteiger charge is 2.46. The van der Waals surface area contributed by atoms with Crippen molar-refractivity contribution < 1.29 is 9.13 Å². The molecule has 2 aliphatic heterocycles. The van der Waals surface area contributed by atoms with Crippen LogP contribution in [0.1, 0.15) is 31.4 Å². The van der Waals surface area contributed by atoms with Crippen LogP contribution in [0.5, 0.6) is 5.75 Å². The third-order valence-corrected chi connectivity index (χ3v) is 4.25. The normalized spacial score (nSPS) is 35.6. The van der Waals surface area contributed by atoms with Crippen molar-refractivity contribution >= 4 is 0 Å². The lowest BCUT2D eigenvalue weighted by atomic mass is 9.86. The van der Waals surface area contributed by atoms with Gasteiger partial charge in [0.2, 0.25) is 0 Å². The molecule has 18 heavy (non-hydrogen) atoms. The predicted octanol–water partition coefficient (Wildman–Crippen LogP) is 2.07. The molecule has 3 atom stereocenters. The third-order valence-electron chi connectivity index (χ3n) is 4.25. The monoisotopic (exact) mass is 250 g/mol. The van der Waals surface area contributed by atoms with Crippen LogP contribution in [0.25, 0.3) is 0 Å². The van der Waals surface area contributed by atoms with Crippen LogP contribution in [0.2, 0.25) is 0 Å². The molecule has 0 amide bonds. The Balaban J connectivity index is 1.96. The molecule has 3 nitrogen and oxygen atoms in total. The molecule has 2 aliphatic rings. The van der Waals surface area contributed by atoms with Gasteiger partial charge in [-0.05, 0) is 20.0 Å². The Bertz CT molecular complexity index is 467. The standard InChI is InChI=1S/C14H19FN2O/c1-9-6-14(8-17(9)2)7-12(16)11-4-3-10(15)5-13(11)18-14/h3-5,9,12H,6-8,16H2,1-2H3/t9?,12-,14?/m0/s1. The second-order valence-corrected chi connectivity index (χ2v) is 5.75. The van der Waals surface area contributed by atoms with Crippen molar-refractivity contribution in [1.82, 2.24) is 4.90 Å². The van der Waals surface area contributed by atoms with Gasteiger partial charge in [0.1, 0.15) is 17.2 Å². The number of fused-ring (bicyclic) bond motifs is 1. The quantitative estimate of drug-likeness (QED) is 0.766. The molecule has 0 aliphatic carbocycles. The summed E-state index contributed by atoms with van der Waals surface area (Å²) >= 11 is 0. The van der Waals surface area contributed by atoms with Crippen LogP contribution in [0.15, 0.2) is 18.2 Å². The van der Waals surface area contributed by atoms with Gasteiger partial charge < -0.3 is 10.5 Å². The topological polar surface area (TPSA) is 38.5 Å². The molecule has 4 heteroatoms. The van der Waals surface area contributed by atoms with Crippen LogP contribution < -0.4 is 10.5 Å². The van der Waals surface area contributed by atoms with E-state index in [-0.39, 0.29) is 17.5 Å². The highest BCUT2D eigenvalue weighted by Crippen LogP contribution is 2.44. The molecule has 0 saturated carbocycles. The molecule has 98 valence electrons. The number of halogens is 1. The number of hydrogen-bond acceptors (Lipinski definition) is 3. The van der Waals surface area contributed by atoms with E-state index in [4.69, 9.17) is 10.5 Å². The molecule has 2 N–H and O–H groups in total. The van der Waals surface area contributed by atoms with E-state index >= 15 is 0 Å². The molecule has 2 unspecified atom stereocenters. The predicted molar refractivity (Wildman–Crippen MR) is 68.0 cm³/mol. The van der Waals surface area contributed by atoms with Gasteiger partial charge in [-0.25, -0.2) is 4.39 Å². The first kappa shape index (κ1) is 11.9. The number of likely N-dealkylation sites (tertiary alicyclic amines) is 1. The third kappa shape index (κ3) is 1.80. The summed E-state index contributed by atoms with van der Waals surface area (Å²) in [5.74, 6) is 0.355. The second-order valence-electron chi connectivity index (χ2n) is 5.75. The SMILES string of the molecule is CC1CC2(C[C@H](N)c3ccc(F)cc3O2)CN1C. The van der Waals surface area contributed by atoms with E-state index in [1.807, 2.05) is 0 Å². The van der Waals surface area contributed by atoms with Crippen LogP contribution >= 0.6 is 0 Å². The van der Waals surface area contributed by atoms with Gasteiger partial charge in [0.15, 0.2) is 0 Å². The fraction of sp³-hybridized carbons (Fsp3) is 0.571. The van der Waals surface area contributed by atoms with Gasteiger partial charge >= 0.3 is 0 Å². The molecule has 1 spiro atoms. The first-order valence-corrected chi connectivity index (χ1v) is 6.43. The minimum Gasteiger partial charge on any atom is -0.485 e. The van der Waals surface area contributed by atoms with Crippen LogP contribution in [-0.4, -0.2) is 30.1 Å². The summed E-state index contributed by atoms with van der Waals surface area (Å²) < 4.78 is 19.4. The minimum atomic E-state index is -0.266. The number of ether oxygens (including phenoxy) is 1. The van der Waals surface area contributed by atoms with Gasteiger partial charge in [0.05, 0.1) is 0 Å². The van der Waals surface area contributed by atoms with E-state index in [9.17, 15) is 4.39 Å². The molecular formula is C14H19FN2O. The highest BCUT2D eigenvalue weighted by molar-refractivity contribution is 5.39. The molecule has 1 aromatic carbocycles. The Kier molecular flexibility index (Phi) is 2.61. The summed E-state index contributed by atoms with van der Waals surface area (Å²) in [6.07, 6.45) is 1.76. The first-order chi connectivity index (χ1) is 8.49. The summed E-state index contributed by atoms with van der Waals surface area (Å²) in [6.45, 7) is 3.04. The number of rotatable bonds is 0. The zero-order valence-electron chi connectivity index (χ0n) is 10.8. The van der Waals surface area contributed by atoms with Crippen LogP contribution in [0.4, 0.5) is 4.39 Å². The zero-order valence-corrected chi connectivity index (χ0v) is 10.8. The molecule has 0 bridgehead atoms. The van der Waals surface area contributed by atoms with Crippen LogP contribution in [0.3, 0.4) is 0 Å². The van der Waals surface area contributed by atoms with E-state index in [0.29, 0.717) is 11.8 Å². The Hall–Kier alpha value is -1.13. The lowest BCUT2D eigenvalue weighted by Gasteiger charge is -2.38. The van der Waals surface area contributed by atoms with Gasteiger partial charge in [-0.1, -0.05) is 6.07 Å². The fourth-order valence-electron chi connectivity index (χ4n) is 3.28. The van der Waals surface area contributed by atoms with Crippen molar-refractivity contribution in [3.8, 4) is 5.75 Å². The van der Waals surface area contributed by atoms with Crippen molar-refractivity contribution in [2.45, 2.75) is 37.5 Å². The average Bonchev–Trinajstić information content (AvgIpc) is 2.52. The van der Waals surface area contributed by atoms with Gasteiger partial charge in [-0.15, -0.1) is 0 Å². The van der Waals surface area contributed by atoms with E-state index < -0.39 is 0 Å². The van der Waals surface area contributed by atoms with Crippen molar-refractivity contribution in [2.75, 3.05) is 13.6 Å². The summed E-state index contributed by atoms with van der Waals surface area (Å²) in [7, 11) is 2.09. The molecule has 1 aromatic rings. The Labute approximate surface area is 107 Å². The first-order valence-electron chi connectivity index (χ1n) is 6.43. The van der Waals surface area contributed by atoms with Crippen molar-refractivity contribution in [2.24, 2.45) is 5.73 Å². The van der Waals surface area contributed by atoms with E-state index in [2.05, 4.69) is 18.9 Å². The summed E-state index contributed by atoms with van der Waals surface area (Å²) in [5.41, 5.74) is 6.90. The lowest BCUT2D eigenvalue weighted by Crippen LogP contribution is -2.44. The summed E-state index contributed by atoms with van der Waals surface area (Å²) in [6, 6.07) is 5.06. The van der Waals surface area contributed by atoms with Crippen LogP contribution in [0, 0.1) is 5.82 Å². The molecule has 1 saturated heterocycles. The molecular weight excluding hydrogens is 231 g/mol. The molecule has 0 aromatic heterocycles. The second kappa shape index (κ2) is 3.93. The van der Waals surface area contributed by atoms with Crippen molar-refractivity contribution in [3.05, 3.63) is 29.6 Å². The van der Waals surface area contributed by atoms with E-state index in [0.717, 1.165) is 24.9 Å². The summed E-state index contributed by atoms with van der Waals surface area (Å²) in [4.78, 5) is 2.27. The molecule has 2 heterocycles.